The van der Waals surface area contributed by atoms with Crippen LogP contribution in [0.3, 0.4) is 0 Å². The Kier molecular flexibility index (Phi) is 4.10. The highest BCUT2D eigenvalue weighted by Gasteiger charge is 2.45. The highest BCUT2D eigenvalue weighted by atomic mass is 19.1. The lowest BCUT2D eigenvalue weighted by Crippen LogP contribution is -2.51. The van der Waals surface area contributed by atoms with Crippen molar-refractivity contribution >= 4 is 0 Å². The summed E-state index contributed by atoms with van der Waals surface area (Å²) in [7, 11) is 1.62. The topological polar surface area (TPSA) is 35.2 Å². The number of nitrogens with two attached hydrogens (primary N) is 1. The van der Waals surface area contributed by atoms with E-state index in [4.69, 9.17) is 10.5 Å². The maximum absolute atomic E-state index is 13.7. The van der Waals surface area contributed by atoms with Crippen LogP contribution in [0.25, 0.3) is 0 Å². The van der Waals surface area contributed by atoms with Gasteiger partial charge in [0.15, 0.2) is 0 Å². The number of ether oxygens (including phenoxy) is 1. The van der Waals surface area contributed by atoms with Crippen LogP contribution < -0.4 is 10.5 Å². The standard InChI is InChI=1S/C17H26FNO/c1-16(2,3)15-7-5-6-10-17(15,19)13-11-12(18)8-9-14(13)20-4/h8-9,11,15H,5-7,10,19H2,1-4H3. The monoisotopic (exact) mass is 279 g/mol. The summed E-state index contributed by atoms with van der Waals surface area (Å²) in [6, 6.07) is 4.68. The van der Waals surface area contributed by atoms with Gasteiger partial charge in [0.05, 0.1) is 7.11 Å². The second kappa shape index (κ2) is 5.36. The molecule has 2 rings (SSSR count). The predicted octanol–water partition coefficient (Wildman–Crippen LogP) is 4.22. The molecule has 0 bridgehead atoms. The summed E-state index contributed by atoms with van der Waals surface area (Å²) < 4.78 is 19.2. The largest absolute Gasteiger partial charge is 0.496 e. The fraction of sp³-hybridized carbons (Fsp3) is 0.647. The summed E-state index contributed by atoms with van der Waals surface area (Å²) in [5, 5.41) is 0. The smallest absolute Gasteiger partial charge is 0.124 e. The van der Waals surface area contributed by atoms with Gasteiger partial charge in [0.2, 0.25) is 0 Å². The molecule has 3 heteroatoms. The lowest BCUT2D eigenvalue weighted by molar-refractivity contribution is 0.0757. The second-order valence-corrected chi connectivity index (χ2v) is 7.05. The fourth-order valence-corrected chi connectivity index (χ4v) is 3.77. The molecule has 0 aromatic heterocycles. The molecule has 0 aliphatic heterocycles. The SMILES string of the molecule is COc1ccc(F)cc1C1(N)CCCCC1C(C)(C)C. The summed E-state index contributed by atoms with van der Waals surface area (Å²) in [6.45, 7) is 6.66. The maximum atomic E-state index is 13.7. The van der Waals surface area contributed by atoms with Crippen molar-refractivity contribution in [2.24, 2.45) is 17.1 Å². The van der Waals surface area contributed by atoms with Gasteiger partial charge in [-0.15, -0.1) is 0 Å². The number of hydrogen-bond acceptors (Lipinski definition) is 2. The molecule has 2 nitrogen and oxygen atoms in total. The Balaban J connectivity index is 2.53. The maximum Gasteiger partial charge on any atom is 0.124 e. The minimum absolute atomic E-state index is 0.0898. The Morgan fingerprint density at radius 2 is 2.00 bits per heavy atom. The van der Waals surface area contributed by atoms with Crippen LogP contribution in [-0.2, 0) is 5.54 Å². The fourth-order valence-electron chi connectivity index (χ4n) is 3.77. The molecule has 1 aromatic rings. The number of benzene rings is 1. The molecular formula is C17H26FNO. The van der Waals surface area contributed by atoms with E-state index in [0.717, 1.165) is 24.8 Å². The van der Waals surface area contributed by atoms with Crippen molar-refractivity contribution in [2.45, 2.75) is 52.0 Å². The molecule has 1 aliphatic carbocycles. The van der Waals surface area contributed by atoms with Gasteiger partial charge in [-0.25, -0.2) is 4.39 Å². The zero-order chi connectivity index (χ0) is 15.0. The highest BCUT2D eigenvalue weighted by molar-refractivity contribution is 5.40. The lowest BCUT2D eigenvalue weighted by atomic mass is 9.60. The molecule has 20 heavy (non-hydrogen) atoms. The van der Waals surface area contributed by atoms with E-state index in [1.54, 1.807) is 19.2 Å². The average Bonchev–Trinajstić information content (AvgIpc) is 2.38. The molecule has 1 saturated carbocycles. The van der Waals surface area contributed by atoms with Crippen molar-refractivity contribution in [3.05, 3.63) is 29.6 Å². The molecule has 2 N–H and O–H groups in total. The zero-order valence-electron chi connectivity index (χ0n) is 13.0. The molecule has 2 unspecified atom stereocenters. The van der Waals surface area contributed by atoms with Gasteiger partial charge in [-0.05, 0) is 42.4 Å². The van der Waals surface area contributed by atoms with Crippen molar-refractivity contribution in [2.75, 3.05) is 7.11 Å². The van der Waals surface area contributed by atoms with Crippen LogP contribution in [-0.4, -0.2) is 7.11 Å². The van der Waals surface area contributed by atoms with Gasteiger partial charge in [0.25, 0.3) is 0 Å². The first-order chi connectivity index (χ1) is 9.29. The van der Waals surface area contributed by atoms with E-state index in [2.05, 4.69) is 20.8 Å². The van der Waals surface area contributed by atoms with E-state index in [1.807, 2.05) is 0 Å². The average molecular weight is 279 g/mol. The molecule has 0 amide bonds. The van der Waals surface area contributed by atoms with Crippen LogP contribution in [0.2, 0.25) is 0 Å². The minimum Gasteiger partial charge on any atom is -0.496 e. The summed E-state index contributed by atoms with van der Waals surface area (Å²) in [4.78, 5) is 0. The van der Waals surface area contributed by atoms with E-state index in [0.29, 0.717) is 11.7 Å². The minimum atomic E-state index is -0.510. The number of hydrogen-bond donors (Lipinski definition) is 1. The van der Waals surface area contributed by atoms with Crippen LogP contribution in [0.5, 0.6) is 5.75 Å². The van der Waals surface area contributed by atoms with Crippen LogP contribution in [0.1, 0.15) is 52.0 Å². The first-order valence-electron chi connectivity index (χ1n) is 7.42. The molecule has 1 fully saturated rings. The highest BCUT2D eigenvalue weighted by Crippen LogP contribution is 2.50. The Bertz CT molecular complexity index is 480. The molecular weight excluding hydrogens is 253 g/mol. The van der Waals surface area contributed by atoms with Crippen LogP contribution in [0, 0.1) is 17.2 Å². The van der Waals surface area contributed by atoms with E-state index in [-0.39, 0.29) is 11.2 Å². The molecule has 112 valence electrons. The molecule has 0 heterocycles. The second-order valence-electron chi connectivity index (χ2n) is 7.05. The van der Waals surface area contributed by atoms with E-state index >= 15 is 0 Å². The van der Waals surface area contributed by atoms with Crippen LogP contribution in [0.15, 0.2) is 18.2 Å². The summed E-state index contributed by atoms with van der Waals surface area (Å²) >= 11 is 0. The zero-order valence-corrected chi connectivity index (χ0v) is 13.0. The summed E-state index contributed by atoms with van der Waals surface area (Å²) in [6.07, 6.45) is 4.25. The van der Waals surface area contributed by atoms with E-state index < -0.39 is 5.54 Å². The Hall–Kier alpha value is -1.09. The molecule has 2 atom stereocenters. The van der Waals surface area contributed by atoms with Crippen molar-refractivity contribution in [3.63, 3.8) is 0 Å². The van der Waals surface area contributed by atoms with Gasteiger partial charge in [-0.1, -0.05) is 33.6 Å². The van der Waals surface area contributed by atoms with E-state index in [9.17, 15) is 4.39 Å². The number of rotatable bonds is 2. The predicted molar refractivity (Wildman–Crippen MR) is 80.2 cm³/mol. The number of halogens is 1. The Morgan fingerprint density at radius 1 is 1.30 bits per heavy atom. The summed E-state index contributed by atoms with van der Waals surface area (Å²) in [5.74, 6) is 0.772. The first kappa shape index (κ1) is 15.3. The summed E-state index contributed by atoms with van der Waals surface area (Å²) in [5.41, 5.74) is 7.21. The van der Waals surface area contributed by atoms with Crippen LogP contribution in [0.4, 0.5) is 4.39 Å². The van der Waals surface area contributed by atoms with Gasteiger partial charge in [0, 0.05) is 11.1 Å². The normalized spacial score (nSPS) is 27.4. The van der Waals surface area contributed by atoms with Gasteiger partial charge < -0.3 is 10.5 Å². The van der Waals surface area contributed by atoms with E-state index in [1.165, 1.54) is 12.5 Å². The third-order valence-corrected chi connectivity index (χ3v) is 4.66. The van der Waals surface area contributed by atoms with Crippen molar-refractivity contribution in [1.82, 2.24) is 0 Å². The van der Waals surface area contributed by atoms with Crippen LogP contribution >= 0.6 is 0 Å². The van der Waals surface area contributed by atoms with Crippen molar-refractivity contribution in [1.29, 1.82) is 0 Å². The Labute approximate surface area is 121 Å². The van der Waals surface area contributed by atoms with Crippen molar-refractivity contribution in [3.8, 4) is 5.75 Å². The first-order valence-corrected chi connectivity index (χ1v) is 7.42. The quantitative estimate of drug-likeness (QED) is 0.879. The van der Waals surface area contributed by atoms with Crippen molar-refractivity contribution < 1.29 is 9.13 Å². The molecule has 0 spiro atoms. The lowest BCUT2D eigenvalue weighted by Gasteiger charge is -2.48. The number of methoxy groups -OCH3 is 1. The molecule has 1 aromatic carbocycles. The third-order valence-electron chi connectivity index (χ3n) is 4.66. The van der Waals surface area contributed by atoms with Gasteiger partial charge in [-0.2, -0.15) is 0 Å². The molecule has 0 saturated heterocycles. The van der Waals surface area contributed by atoms with Gasteiger partial charge in [0.1, 0.15) is 11.6 Å². The molecule has 1 aliphatic rings. The third kappa shape index (κ3) is 2.69. The van der Waals surface area contributed by atoms with Gasteiger partial charge in [-0.3, -0.25) is 0 Å². The molecule has 0 radical (unpaired) electrons. The van der Waals surface area contributed by atoms with Gasteiger partial charge >= 0.3 is 0 Å². The Morgan fingerprint density at radius 3 is 2.60 bits per heavy atom.